The topological polar surface area (TPSA) is 76.2 Å². The molecule has 0 aliphatic carbocycles. The van der Waals surface area contributed by atoms with Gasteiger partial charge in [-0.2, -0.15) is 0 Å². The molecule has 0 fully saturated rings. The van der Waals surface area contributed by atoms with E-state index in [1.165, 1.54) is 0 Å². The van der Waals surface area contributed by atoms with Crippen LogP contribution in [0.5, 0.6) is 0 Å². The first-order valence-electron chi connectivity index (χ1n) is 4.44. The van der Waals surface area contributed by atoms with Gasteiger partial charge in [0.05, 0.1) is 5.02 Å². The summed E-state index contributed by atoms with van der Waals surface area (Å²) in [6, 6.07) is 5.27. The van der Waals surface area contributed by atoms with E-state index in [0.717, 1.165) is 15.8 Å². The highest BCUT2D eigenvalue weighted by molar-refractivity contribution is 9.10. The van der Waals surface area contributed by atoms with Crippen LogP contribution >= 0.6 is 38.9 Å². The van der Waals surface area contributed by atoms with Crippen molar-refractivity contribution in [2.24, 2.45) is 0 Å². The van der Waals surface area contributed by atoms with Crippen molar-refractivity contribution in [3.05, 3.63) is 33.4 Å². The molecule has 1 aromatic carbocycles. The fourth-order valence-electron chi connectivity index (χ4n) is 1.26. The first-order chi connectivity index (χ1) is 7.99. The molecule has 0 saturated heterocycles. The van der Waals surface area contributed by atoms with Gasteiger partial charge in [0.25, 0.3) is 0 Å². The van der Waals surface area contributed by atoms with E-state index in [2.05, 4.69) is 20.9 Å². The van der Waals surface area contributed by atoms with E-state index in [1.807, 2.05) is 0 Å². The number of aromatic carboxylic acids is 1. The molecule has 0 saturated carbocycles. The average molecular weight is 334 g/mol. The van der Waals surface area contributed by atoms with Crippen LogP contribution in [0.25, 0.3) is 10.6 Å². The zero-order valence-electron chi connectivity index (χ0n) is 8.28. The molecule has 0 aliphatic rings. The van der Waals surface area contributed by atoms with Crippen molar-refractivity contribution >= 4 is 49.8 Å². The molecule has 7 heteroatoms. The summed E-state index contributed by atoms with van der Waals surface area (Å²) in [4.78, 5) is 14.8. The van der Waals surface area contributed by atoms with Gasteiger partial charge in [-0.3, -0.25) is 0 Å². The zero-order valence-corrected chi connectivity index (χ0v) is 11.4. The predicted octanol–water partition coefficient (Wildman–Crippen LogP) is 3.51. The van der Waals surface area contributed by atoms with Crippen LogP contribution < -0.4 is 5.73 Å². The van der Waals surface area contributed by atoms with Crippen LogP contribution in [-0.4, -0.2) is 16.1 Å². The molecule has 0 spiro atoms. The highest BCUT2D eigenvalue weighted by atomic mass is 79.9. The summed E-state index contributed by atoms with van der Waals surface area (Å²) in [7, 11) is 0. The maximum absolute atomic E-state index is 10.8. The number of hydrogen-bond donors (Lipinski definition) is 2. The number of benzene rings is 1. The normalized spacial score (nSPS) is 10.5. The predicted molar refractivity (Wildman–Crippen MR) is 71.6 cm³/mol. The van der Waals surface area contributed by atoms with Crippen LogP contribution in [0.3, 0.4) is 0 Å². The molecule has 2 rings (SSSR count). The second-order valence-corrected chi connectivity index (χ2v) is 5.51. The lowest BCUT2D eigenvalue weighted by Crippen LogP contribution is -2.00. The van der Waals surface area contributed by atoms with E-state index in [1.54, 1.807) is 18.2 Å². The number of nitrogens with zero attached hydrogens (tertiary/aromatic N) is 1. The van der Waals surface area contributed by atoms with E-state index >= 15 is 0 Å². The van der Waals surface area contributed by atoms with Gasteiger partial charge in [-0.1, -0.05) is 38.9 Å². The standard InChI is InChI=1S/C10H6BrClN2O2S/c11-4-1-2-6(12)5(3-4)9-14-7(10(15)16)8(13)17-9/h1-3H,13H2,(H,15,16). The van der Waals surface area contributed by atoms with Crippen LogP contribution in [0.4, 0.5) is 5.00 Å². The molecule has 0 amide bonds. The third-order valence-electron chi connectivity index (χ3n) is 2.01. The number of nitrogens with two attached hydrogens (primary N) is 1. The summed E-state index contributed by atoms with van der Waals surface area (Å²) in [5, 5.41) is 10.0. The zero-order chi connectivity index (χ0) is 12.6. The lowest BCUT2D eigenvalue weighted by atomic mass is 10.2. The quantitative estimate of drug-likeness (QED) is 0.882. The Kier molecular flexibility index (Phi) is 3.37. The third-order valence-corrected chi connectivity index (χ3v) is 3.76. The molecule has 1 aromatic heterocycles. The van der Waals surface area contributed by atoms with Crippen molar-refractivity contribution in [2.45, 2.75) is 0 Å². The molecule has 0 radical (unpaired) electrons. The van der Waals surface area contributed by atoms with Gasteiger partial charge in [0.15, 0.2) is 5.69 Å². The fourth-order valence-corrected chi connectivity index (χ4v) is 2.74. The number of carbonyl (C=O) groups is 1. The number of aromatic nitrogens is 1. The summed E-state index contributed by atoms with van der Waals surface area (Å²) in [5.41, 5.74) is 6.11. The fraction of sp³-hybridized carbons (Fsp3) is 0. The van der Waals surface area contributed by atoms with Crippen molar-refractivity contribution in [2.75, 3.05) is 5.73 Å². The van der Waals surface area contributed by atoms with Gasteiger partial charge < -0.3 is 10.8 Å². The number of halogens is 2. The minimum Gasteiger partial charge on any atom is -0.476 e. The summed E-state index contributed by atoms with van der Waals surface area (Å²) >= 11 is 10.4. The molecular weight excluding hydrogens is 328 g/mol. The van der Waals surface area contributed by atoms with E-state index in [9.17, 15) is 4.79 Å². The van der Waals surface area contributed by atoms with Crippen LogP contribution in [0, 0.1) is 0 Å². The maximum atomic E-state index is 10.8. The van der Waals surface area contributed by atoms with Crippen LogP contribution in [-0.2, 0) is 0 Å². The Morgan fingerprint density at radius 2 is 2.24 bits per heavy atom. The molecule has 0 aliphatic heterocycles. The first kappa shape index (κ1) is 12.3. The van der Waals surface area contributed by atoms with Gasteiger partial charge in [-0.15, -0.1) is 0 Å². The molecule has 0 atom stereocenters. The van der Waals surface area contributed by atoms with Crippen molar-refractivity contribution in [1.29, 1.82) is 0 Å². The lowest BCUT2D eigenvalue weighted by molar-refractivity contribution is 0.0692. The lowest BCUT2D eigenvalue weighted by Gasteiger charge is -2.00. The molecule has 17 heavy (non-hydrogen) atoms. The summed E-state index contributed by atoms with van der Waals surface area (Å²) in [5.74, 6) is -1.14. The van der Waals surface area contributed by atoms with Gasteiger partial charge in [0.1, 0.15) is 10.0 Å². The number of anilines is 1. The van der Waals surface area contributed by atoms with Gasteiger partial charge in [-0.25, -0.2) is 9.78 Å². The number of carboxylic acid groups (broad SMARTS) is 1. The Labute approximate surface area is 114 Å². The third kappa shape index (κ3) is 2.43. The van der Waals surface area contributed by atoms with E-state index in [0.29, 0.717) is 15.6 Å². The molecule has 2 aromatic rings. The maximum Gasteiger partial charge on any atom is 0.357 e. The largest absolute Gasteiger partial charge is 0.476 e. The Bertz CT molecular complexity index is 600. The Hall–Kier alpha value is -1.11. The van der Waals surface area contributed by atoms with Crippen molar-refractivity contribution in [3.63, 3.8) is 0 Å². The first-order valence-corrected chi connectivity index (χ1v) is 6.43. The van der Waals surface area contributed by atoms with Crippen LogP contribution in [0.2, 0.25) is 5.02 Å². The monoisotopic (exact) mass is 332 g/mol. The molecular formula is C10H6BrClN2O2S. The summed E-state index contributed by atoms with van der Waals surface area (Å²) < 4.78 is 0.836. The van der Waals surface area contributed by atoms with Crippen molar-refractivity contribution in [1.82, 2.24) is 4.98 Å². The average Bonchev–Trinajstić information content (AvgIpc) is 2.64. The minimum atomic E-state index is -1.14. The number of thiazole rings is 1. The summed E-state index contributed by atoms with van der Waals surface area (Å²) in [6.07, 6.45) is 0. The van der Waals surface area contributed by atoms with E-state index in [-0.39, 0.29) is 10.7 Å². The molecule has 0 unspecified atom stereocenters. The smallest absolute Gasteiger partial charge is 0.357 e. The summed E-state index contributed by atoms with van der Waals surface area (Å²) in [6.45, 7) is 0. The van der Waals surface area contributed by atoms with Crippen molar-refractivity contribution < 1.29 is 9.90 Å². The highest BCUT2D eigenvalue weighted by Crippen LogP contribution is 2.35. The second-order valence-electron chi connectivity index (χ2n) is 3.16. The van der Waals surface area contributed by atoms with Gasteiger partial charge in [0.2, 0.25) is 0 Å². The Balaban J connectivity index is 2.57. The Morgan fingerprint density at radius 1 is 1.53 bits per heavy atom. The van der Waals surface area contributed by atoms with Gasteiger partial charge in [0, 0.05) is 10.0 Å². The molecule has 4 nitrogen and oxygen atoms in total. The molecule has 3 N–H and O–H groups in total. The van der Waals surface area contributed by atoms with Crippen molar-refractivity contribution in [3.8, 4) is 10.6 Å². The number of nitrogen functional groups attached to an aromatic ring is 1. The van der Waals surface area contributed by atoms with Crippen LogP contribution in [0.15, 0.2) is 22.7 Å². The van der Waals surface area contributed by atoms with Crippen LogP contribution in [0.1, 0.15) is 10.5 Å². The SMILES string of the molecule is Nc1sc(-c2cc(Br)ccc2Cl)nc1C(=O)O. The van der Waals surface area contributed by atoms with E-state index < -0.39 is 5.97 Å². The second kappa shape index (κ2) is 4.64. The molecule has 0 bridgehead atoms. The Morgan fingerprint density at radius 3 is 2.82 bits per heavy atom. The highest BCUT2D eigenvalue weighted by Gasteiger charge is 2.17. The number of carboxylic acids is 1. The minimum absolute atomic E-state index is 0.138. The van der Waals surface area contributed by atoms with E-state index in [4.69, 9.17) is 22.4 Å². The van der Waals surface area contributed by atoms with Gasteiger partial charge in [-0.05, 0) is 18.2 Å². The number of rotatable bonds is 2. The van der Waals surface area contributed by atoms with Gasteiger partial charge >= 0.3 is 5.97 Å². The molecule has 88 valence electrons. The molecule has 1 heterocycles. The number of hydrogen-bond acceptors (Lipinski definition) is 4.